The van der Waals surface area contributed by atoms with E-state index in [1.807, 2.05) is 43.0 Å². The highest BCUT2D eigenvalue weighted by Gasteiger charge is 2.15. The van der Waals surface area contributed by atoms with Crippen LogP contribution in [-0.2, 0) is 0 Å². The third kappa shape index (κ3) is 5.76. The Bertz CT molecular complexity index is 708. The highest BCUT2D eigenvalue weighted by molar-refractivity contribution is 7.99. The van der Waals surface area contributed by atoms with Crippen molar-refractivity contribution in [2.24, 2.45) is 0 Å². The molecule has 0 spiro atoms. The lowest BCUT2D eigenvalue weighted by Crippen LogP contribution is -2.29. The van der Waals surface area contributed by atoms with E-state index in [0.29, 0.717) is 17.5 Å². The third-order valence-corrected chi connectivity index (χ3v) is 5.01. The summed E-state index contributed by atoms with van der Waals surface area (Å²) in [6, 6.07) is 7.59. The van der Waals surface area contributed by atoms with Crippen LogP contribution in [0.3, 0.4) is 0 Å². The van der Waals surface area contributed by atoms with Gasteiger partial charge in [0.1, 0.15) is 0 Å². The number of rotatable bonds is 8. The van der Waals surface area contributed by atoms with Crippen LogP contribution in [0, 0.1) is 0 Å². The molecule has 0 fully saturated rings. The molecule has 1 amide bonds. The van der Waals surface area contributed by atoms with Gasteiger partial charge in [-0.1, -0.05) is 23.2 Å². The Hall–Kier alpha value is -1.50. The second-order valence-corrected chi connectivity index (χ2v) is 7.11. The Morgan fingerprint density at radius 2 is 1.88 bits per heavy atom. The molecule has 8 heteroatoms. The number of hydrogen-bond donors (Lipinski definition) is 1. The third-order valence-electron chi connectivity index (χ3n) is 3.46. The molecular formula is C17H20Cl2N4OS. The van der Waals surface area contributed by atoms with Crippen molar-refractivity contribution in [1.29, 1.82) is 0 Å². The molecule has 0 bridgehead atoms. The normalized spacial score (nSPS) is 10.6. The van der Waals surface area contributed by atoms with Crippen LogP contribution in [0.1, 0.15) is 24.3 Å². The Balaban J connectivity index is 1.91. The number of carbonyl (C=O) groups is 1. The number of aromatic nitrogens is 2. The summed E-state index contributed by atoms with van der Waals surface area (Å²) in [5, 5.41) is 3.80. The number of halogens is 2. The molecule has 2 rings (SSSR count). The zero-order chi connectivity index (χ0) is 18.2. The average molecular weight is 399 g/mol. The number of anilines is 1. The van der Waals surface area contributed by atoms with Gasteiger partial charge in [-0.3, -0.25) is 4.79 Å². The quantitative estimate of drug-likeness (QED) is 0.534. The van der Waals surface area contributed by atoms with Crippen molar-refractivity contribution in [1.82, 2.24) is 15.3 Å². The van der Waals surface area contributed by atoms with E-state index in [-0.39, 0.29) is 16.6 Å². The summed E-state index contributed by atoms with van der Waals surface area (Å²) < 4.78 is 0. The molecule has 0 saturated carbocycles. The van der Waals surface area contributed by atoms with Crippen LogP contribution in [0.4, 0.5) is 5.95 Å². The van der Waals surface area contributed by atoms with E-state index in [4.69, 9.17) is 23.2 Å². The molecule has 134 valence electrons. The van der Waals surface area contributed by atoms with Gasteiger partial charge in [0.15, 0.2) is 5.69 Å². The molecular weight excluding hydrogens is 379 g/mol. The summed E-state index contributed by atoms with van der Waals surface area (Å²) in [6.07, 6.45) is 1.47. The first-order valence-electron chi connectivity index (χ1n) is 7.99. The molecule has 1 heterocycles. The number of thioether (sulfide) groups is 1. The molecule has 2 aromatic rings. The highest BCUT2D eigenvalue weighted by Crippen LogP contribution is 2.20. The lowest BCUT2D eigenvalue weighted by atomic mass is 10.3. The van der Waals surface area contributed by atoms with Gasteiger partial charge in [-0.25, -0.2) is 9.97 Å². The van der Waals surface area contributed by atoms with E-state index < -0.39 is 0 Å². The minimum absolute atomic E-state index is 0.204. The monoisotopic (exact) mass is 398 g/mol. The van der Waals surface area contributed by atoms with Gasteiger partial charge in [-0.15, -0.1) is 11.8 Å². The van der Waals surface area contributed by atoms with E-state index in [1.54, 1.807) is 11.8 Å². The summed E-state index contributed by atoms with van der Waals surface area (Å²) in [6.45, 7) is 6.05. The summed E-state index contributed by atoms with van der Waals surface area (Å²) in [5.41, 5.74) is 0.204. The van der Waals surface area contributed by atoms with Gasteiger partial charge in [0.2, 0.25) is 5.95 Å². The lowest BCUT2D eigenvalue weighted by molar-refractivity contribution is 0.0951. The van der Waals surface area contributed by atoms with Crippen molar-refractivity contribution >= 4 is 46.8 Å². The molecule has 5 nitrogen and oxygen atoms in total. The van der Waals surface area contributed by atoms with Crippen LogP contribution in [0.5, 0.6) is 0 Å². The number of benzene rings is 1. The Morgan fingerprint density at radius 3 is 2.52 bits per heavy atom. The van der Waals surface area contributed by atoms with Gasteiger partial charge in [-0.05, 0) is 38.1 Å². The van der Waals surface area contributed by atoms with Crippen LogP contribution < -0.4 is 10.2 Å². The lowest BCUT2D eigenvalue weighted by Gasteiger charge is -2.19. The second kappa shape index (κ2) is 9.85. The first-order valence-corrected chi connectivity index (χ1v) is 9.73. The molecule has 0 aliphatic heterocycles. The summed E-state index contributed by atoms with van der Waals surface area (Å²) in [4.78, 5) is 23.9. The smallest absolute Gasteiger partial charge is 0.271 e. The van der Waals surface area contributed by atoms with Crippen molar-refractivity contribution in [2.75, 3.05) is 30.3 Å². The van der Waals surface area contributed by atoms with Crippen LogP contribution in [-0.4, -0.2) is 41.3 Å². The van der Waals surface area contributed by atoms with Crippen LogP contribution in [0.2, 0.25) is 10.0 Å². The average Bonchev–Trinajstić information content (AvgIpc) is 2.62. The van der Waals surface area contributed by atoms with Crippen molar-refractivity contribution in [3.63, 3.8) is 0 Å². The van der Waals surface area contributed by atoms with Gasteiger partial charge < -0.3 is 10.2 Å². The van der Waals surface area contributed by atoms with Crippen molar-refractivity contribution in [2.45, 2.75) is 18.7 Å². The standard InChI is InChI=1S/C17H20Cl2N4OS/c1-3-23(4-2)17-21-11-14(19)15(22-17)16(24)20-9-10-25-13-7-5-12(18)6-8-13/h5-8,11H,3-4,9-10H2,1-2H3,(H,20,24). The maximum Gasteiger partial charge on any atom is 0.271 e. The zero-order valence-corrected chi connectivity index (χ0v) is 16.5. The van der Waals surface area contributed by atoms with Crippen molar-refractivity contribution < 1.29 is 4.79 Å². The Kier molecular flexibility index (Phi) is 7.81. The van der Waals surface area contributed by atoms with Gasteiger partial charge in [0, 0.05) is 35.3 Å². The first-order chi connectivity index (χ1) is 12.0. The molecule has 1 aromatic carbocycles. The van der Waals surface area contributed by atoms with E-state index in [2.05, 4.69) is 15.3 Å². The fourth-order valence-electron chi connectivity index (χ4n) is 2.12. The van der Waals surface area contributed by atoms with Gasteiger partial charge in [0.25, 0.3) is 5.91 Å². The molecule has 0 atom stereocenters. The Labute approximate surface area is 162 Å². The molecule has 0 unspecified atom stereocenters. The molecule has 1 N–H and O–H groups in total. The molecule has 1 aromatic heterocycles. The molecule has 0 saturated heterocycles. The van der Waals surface area contributed by atoms with E-state index in [0.717, 1.165) is 23.7 Å². The van der Waals surface area contributed by atoms with Crippen molar-refractivity contribution in [3.05, 3.63) is 46.2 Å². The number of nitrogens with zero attached hydrogens (tertiary/aromatic N) is 3. The topological polar surface area (TPSA) is 58.1 Å². The predicted octanol–water partition coefficient (Wildman–Crippen LogP) is 4.15. The highest BCUT2D eigenvalue weighted by atomic mass is 35.5. The summed E-state index contributed by atoms with van der Waals surface area (Å²) >= 11 is 13.6. The molecule has 0 aliphatic rings. The minimum atomic E-state index is -0.294. The van der Waals surface area contributed by atoms with Crippen molar-refractivity contribution in [3.8, 4) is 0 Å². The van der Waals surface area contributed by atoms with E-state index >= 15 is 0 Å². The van der Waals surface area contributed by atoms with Gasteiger partial charge in [-0.2, -0.15) is 0 Å². The fraction of sp³-hybridized carbons (Fsp3) is 0.353. The van der Waals surface area contributed by atoms with Gasteiger partial charge >= 0.3 is 0 Å². The molecule has 0 radical (unpaired) electrons. The number of hydrogen-bond acceptors (Lipinski definition) is 5. The molecule has 25 heavy (non-hydrogen) atoms. The zero-order valence-electron chi connectivity index (χ0n) is 14.1. The number of carbonyl (C=O) groups excluding carboxylic acids is 1. The van der Waals surface area contributed by atoms with Gasteiger partial charge in [0.05, 0.1) is 11.2 Å². The number of amides is 1. The van der Waals surface area contributed by atoms with E-state index in [9.17, 15) is 4.79 Å². The maximum absolute atomic E-state index is 12.3. The minimum Gasteiger partial charge on any atom is -0.350 e. The first kappa shape index (κ1) is 19.8. The Morgan fingerprint density at radius 1 is 1.20 bits per heavy atom. The second-order valence-electron chi connectivity index (χ2n) is 5.10. The van der Waals surface area contributed by atoms with Crippen LogP contribution >= 0.6 is 35.0 Å². The van der Waals surface area contributed by atoms with E-state index in [1.165, 1.54) is 6.20 Å². The maximum atomic E-state index is 12.3. The SMILES string of the molecule is CCN(CC)c1ncc(Cl)c(C(=O)NCCSc2ccc(Cl)cc2)n1. The molecule has 0 aliphatic carbocycles. The van der Waals surface area contributed by atoms with Crippen LogP contribution in [0.25, 0.3) is 0 Å². The largest absolute Gasteiger partial charge is 0.350 e. The summed E-state index contributed by atoms with van der Waals surface area (Å²) in [7, 11) is 0. The number of nitrogens with one attached hydrogen (secondary N) is 1. The van der Waals surface area contributed by atoms with Crippen LogP contribution in [0.15, 0.2) is 35.4 Å². The summed E-state index contributed by atoms with van der Waals surface area (Å²) in [5.74, 6) is 0.950. The fourth-order valence-corrected chi connectivity index (χ4v) is 3.20. The predicted molar refractivity (Wildman–Crippen MR) is 105 cm³/mol.